The van der Waals surface area contributed by atoms with Crippen LogP contribution in [-0.4, -0.2) is 36.0 Å². The molecule has 1 rings (SSSR count). The van der Waals surface area contributed by atoms with Gasteiger partial charge in [-0.25, -0.2) is 8.78 Å². The van der Waals surface area contributed by atoms with E-state index in [2.05, 4.69) is 0 Å². The van der Waals surface area contributed by atoms with E-state index in [0.29, 0.717) is 18.0 Å². The van der Waals surface area contributed by atoms with Crippen molar-refractivity contribution < 1.29 is 18.3 Å². The summed E-state index contributed by atoms with van der Waals surface area (Å²) < 4.78 is 30.8. The van der Waals surface area contributed by atoms with Gasteiger partial charge in [-0.3, -0.25) is 4.79 Å². The van der Waals surface area contributed by atoms with Crippen molar-refractivity contribution in [3.05, 3.63) is 29.8 Å². The van der Waals surface area contributed by atoms with E-state index in [1.165, 1.54) is 11.0 Å². The van der Waals surface area contributed by atoms with Gasteiger partial charge in [0.1, 0.15) is 5.75 Å². The summed E-state index contributed by atoms with van der Waals surface area (Å²) in [6.07, 6.45) is 0.592. The zero-order valence-electron chi connectivity index (χ0n) is 11.1. The quantitative estimate of drug-likeness (QED) is 0.781. The molecule has 1 amide bonds. The Bertz CT molecular complexity index is 497. The molecule has 4 nitrogen and oxygen atoms in total. The molecule has 0 radical (unpaired) electrons. The van der Waals surface area contributed by atoms with Crippen LogP contribution >= 0.6 is 12.2 Å². The standard InChI is InChI=1S/C13H16F2N2O2S/c1-17(6-4-12(16)20)13(18)5-7-19-9-2-3-10(14)11(15)8-9/h2-3,8H,4-7H2,1H3,(H2,16,20). The summed E-state index contributed by atoms with van der Waals surface area (Å²) in [5.41, 5.74) is 5.35. The summed E-state index contributed by atoms with van der Waals surface area (Å²) >= 11 is 4.72. The van der Waals surface area contributed by atoms with Crippen LogP contribution in [0.2, 0.25) is 0 Å². The van der Waals surface area contributed by atoms with Crippen LogP contribution in [0, 0.1) is 11.6 Å². The fraction of sp³-hybridized carbons (Fsp3) is 0.385. The van der Waals surface area contributed by atoms with Crippen LogP contribution < -0.4 is 10.5 Å². The molecule has 0 fully saturated rings. The number of rotatable bonds is 7. The molecule has 0 atom stereocenters. The molecule has 1 aromatic rings. The molecule has 0 aliphatic carbocycles. The first kappa shape index (κ1) is 16.3. The third-order valence-electron chi connectivity index (χ3n) is 2.60. The van der Waals surface area contributed by atoms with E-state index in [-0.39, 0.29) is 24.7 Å². The highest BCUT2D eigenvalue weighted by Crippen LogP contribution is 2.15. The molecule has 0 bridgehead atoms. The lowest BCUT2D eigenvalue weighted by Gasteiger charge is -2.16. The number of halogens is 2. The molecule has 0 aliphatic rings. The number of thiocarbonyl (C=S) groups is 1. The minimum absolute atomic E-state index is 0.0846. The normalized spacial score (nSPS) is 10.2. The summed E-state index contributed by atoms with van der Waals surface area (Å²) in [6.45, 7) is 0.528. The Balaban J connectivity index is 2.34. The van der Waals surface area contributed by atoms with Crippen LogP contribution in [0.25, 0.3) is 0 Å². The van der Waals surface area contributed by atoms with E-state index in [9.17, 15) is 13.6 Å². The number of nitrogens with two attached hydrogens (primary N) is 1. The maximum atomic E-state index is 12.9. The lowest BCUT2D eigenvalue weighted by Crippen LogP contribution is -2.30. The van der Waals surface area contributed by atoms with E-state index in [1.807, 2.05) is 0 Å². The molecule has 0 heterocycles. The molecular weight excluding hydrogens is 286 g/mol. The van der Waals surface area contributed by atoms with Crippen molar-refractivity contribution in [2.75, 3.05) is 20.2 Å². The predicted octanol–water partition coefficient (Wildman–Crippen LogP) is 1.87. The summed E-state index contributed by atoms with van der Waals surface area (Å²) in [6, 6.07) is 3.22. The Labute approximate surface area is 121 Å². The van der Waals surface area contributed by atoms with Gasteiger partial charge in [-0.2, -0.15) is 0 Å². The summed E-state index contributed by atoms with van der Waals surface area (Å²) in [4.78, 5) is 13.5. The number of hydrogen-bond acceptors (Lipinski definition) is 3. The largest absolute Gasteiger partial charge is 0.493 e. The first-order valence-electron chi connectivity index (χ1n) is 6.00. The molecular formula is C13H16F2N2O2S. The minimum Gasteiger partial charge on any atom is -0.493 e. The third kappa shape index (κ3) is 5.48. The van der Waals surface area contributed by atoms with Crippen molar-refractivity contribution in [1.82, 2.24) is 4.90 Å². The van der Waals surface area contributed by atoms with E-state index in [0.717, 1.165) is 12.1 Å². The number of hydrogen-bond donors (Lipinski definition) is 1. The number of carbonyl (C=O) groups excluding carboxylic acids is 1. The van der Waals surface area contributed by atoms with Crippen molar-refractivity contribution in [3.63, 3.8) is 0 Å². The number of carbonyl (C=O) groups is 1. The average Bonchev–Trinajstić information content (AvgIpc) is 2.39. The van der Waals surface area contributed by atoms with Gasteiger partial charge < -0.3 is 15.4 Å². The molecule has 110 valence electrons. The molecule has 0 saturated heterocycles. The van der Waals surface area contributed by atoms with Crippen LogP contribution in [-0.2, 0) is 4.79 Å². The minimum atomic E-state index is -0.984. The maximum absolute atomic E-state index is 12.9. The smallest absolute Gasteiger partial charge is 0.225 e. The first-order valence-corrected chi connectivity index (χ1v) is 6.41. The van der Waals surface area contributed by atoms with E-state index >= 15 is 0 Å². The number of ether oxygens (including phenoxy) is 1. The zero-order valence-corrected chi connectivity index (χ0v) is 11.9. The van der Waals surface area contributed by atoms with E-state index in [1.54, 1.807) is 7.05 Å². The fourth-order valence-electron chi connectivity index (χ4n) is 1.42. The maximum Gasteiger partial charge on any atom is 0.225 e. The SMILES string of the molecule is CN(CCC(N)=S)C(=O)CCOc1ccc(F)c(F)c1. The number of amides is 1. The van der Waals surface area contributed by atoms with Crippen LogP contribution in [0.15, 0.2) is 18.2 Å². The molecule has 20 heavy (non-hydrogen) atoms. The summed E-state index contributed by atoms with van der Waals surface area (Å²) in [7, 11) is 1.64. The molecule has 7 heteroatoms. The van der Waals surface area contributed by atoms with Gasteiger partial charge in [0.25, 0.3) is 0 Å². The average molecular weight is 302 g/mol. The van der Waals surface area contributed by atoms with Crippen LogP contribution in [0.1, 0.15) is 12.8 Å². The van der Waals surface area contributed by atoms with Gasteiger partial charge in [0.05, 0.1) is 18.0 Å². The summed E-state index contributed by atoms with van der Waals surface area (Å²) in [5.74, 6) is -1.88. The Kier molecular flexibility index (Phi) is 6.30. The van der Waals surface area contributed by atoms with Crippen molar-refractivity contribution >= 4 is 23.1 Å². The second-order valence-electron chi connectivity index (χ2n) is 4.21. The topological polar surface area (TPSA) is 55.6 Å². The molecule has 1 aromatic carbocycles. The van der Waals surface area contributed by atoms with Crippen molar-refractivity contribution in [2.24, 2.45) is 5.73 Å². The Morgan fingerprint density at radius 2 is 2.05 bits per heavy atom. The fourth-order valence-corrected chi connectivity index (χ4v) is 1.51. The second-order valence-corrected chi connectivity index (χ2v) is 4.73. The highest BCUT2D eigenvalue weighted by molar-refractivity contribution is 7.80. The Hall–Kier alpha value is -1.76. The monoisotopic (exact) mass is 302 g/mol. The van der Waals surface area contributed by atoms with Crippen molar-refractivity contribution in [1.29, 1.82) is 0 Å². The van der Waals surface area contributed by atoms with Crippen molar-refractivity contribution in [2.45, 2.75) is 12.8 Å². The highest BCUT2D eigenvalue weighted by atomic mass is 32.1. The molecule has 0 saturated carbocycles. The molecule has 2 N–H and O–H groups in total. The van der Waals surface area contributed by atoms with Gasteiger partial charge in [-0.1, -0.05) is 12.2 Å². The van der Waals surface area contributed by atoms with Crippen LogP contribution in [0.5, 0.6) is 5.75 Å². The van der Waals surface area contributed by atoms with E-state index in [4.69, 9.17) is 22.7 Å². The second kappa shape index (κ2) is 7.74. The van der Waals surface area contributed by atoms with Gasteiger partial charge in [0.2, 0.25) is 5.91 Å². The predicted molar refractivity (Wildman–Crippen MR) is 75.5 cm³/mol. The van der Waals surface area contributed by atoms with Gasteiger partial charge in [0.15, 0.2) is 11.6 Å². The molecule has 0 spiro atoms. The lowest BCUT2D eigenvalue weighted by atomic mass is 10.3. The van der Waals surface area contributed by atoms with E-state index < -0.39 is 11.6 Å². The van der Waals surface area contributed by atoms with Crippen LogP contribution in [0.3, 0.4) is 0 Å². The lowest BCUT2D eigenvalue weighted by molar-refractivity contribution is -0.130. The summed E-state index contributed by atoms with van der Waals surface area (Å²) in [5, 5.41) is 0. The van der Waals surface area contributed by atoms with Gasteiger partial charge >= 0.3 is 0 Å². The number of nitrogens with zero attached hydrogens (tertiary/aromatic N) is 1. The van der Waals surface area contributed by atoms with Gasteiger partial charge in [-0.15, -0.1) is 0 Å². The molecule has 0 unspecified atom stereocenters. The highest BCUT2D eigenvalue weighted by Gasteiger charge is 2.09. The number of benzene rings is 1. The Morgan fingerprint density at radius 3 is 2.65 bits per heavy atom. The molecule has 0 aliphatic heterocycles. The van der Waals surface area contributed by atoms with Crippen LogP contribution in [0.4, 0.5) is 8.78 Å². The van der Waals surface area contributed by atoms with Gasteiger partial charge in [0, 0.05) is 26.1 Å². The third-order valence-corrected chi connectivity index (χ3v) is 2.80. The molecule has 0 aromatic heterocycles. The zero-order chi connectivity index (χ0) is 15.1. The van der Waals surface area contributed by atoms with Crippen molar-refractivity contribution in [3.8, 4) is 5.75 Å². The van der Waals surface area contributed by atoms with Gasteiger partial charge in [-0.05, 0) is 12.1 Å². The first-order chi connectivity index (χ1) is 9.40. The Morgan fingerprint density at radius 1 is 1.35 bits per heavy atom.